The van der Waals surface area contributed by atoms with Crippen molar-refractivity contribution < 1.29 is 8.42 Å². The monoisotopic (exact) mass is 429 g/mol. The highest BCUT2D eigenvalue weighted by Gasteiger charge is 2.09. The van der Waals surface area contributed by atoms with Crippen LogP contribution in [-0.4, -0.2) is 18.4 Å². The molecule has 2 aromatic carbocycles. The summed E-state index contributed by atoms with van der Waals surface area (Å²) < 4.78 is 22.9. The van der Waals surface area contributed by atoms with E-state index in [0.29, 0.717) is 29.6 Å². The number of hydrogen-bond acceptors (Lipinski definition) is 4. The van der Waals surface area contributed by atoms with Crippen molar-refractivity contribution in [2.75, 3.05) is 0 Å². The van der Waals surface area contributed by atoms with Crippen molar-refractivity contribution in [1.82, 2.24) is 9.97 Å². The van der Waals surface area contributed by atoms with Gasteiger partial charge in [-0.3, -0.25) is 4.79 Å². The van der Waals surface area contributed by atoms with Crippen molar-refractivity contribution in [3.63, 3.8) is 0 Å². The molecule has 0 saturated carbocycles. The van der Waals surface area contributed by atoms with Gasteiger partial charge in [0.2, 0.25) is 15.6 Å². The lowest BCUT2D eigenvalue weighted by Gasteiger charge is -2.08. The average molecular weight is 430 g/mol. The highest BCUT2D eigenvalue weighted by atomic mass is 32.2. The maximum absolute atomic E-state index is 12.1. The topological polar surface area (TPSA) is 106 Å². The number of aromatic amines is 1. The van der Waals surface area contributed by atoms with Crippen molar-refractivity contribution in [2.45, 2.75) is 17.7 Å². The maximum atomic E-state index is 12.1. The molecule has 0 bridgehead atoms. The Balaban J connectivity index is 1.65. The van der Waals surface area contributed by atoms with Gasteiger partial charge in [0.1, 0.15) is 5.69 Å². The fourth-order valence-electron chi connectivity index (χ4n) is 3.28. The summed E-state index contributed by atoms with van der Waals surface area (Å²) in [6.07, 6.45) is 2.68. The zero-order chi connectivity index (χ0) is 21.8. The Kier molecular flexibility index (Phi) is 5.67. The Bertz CT molecular complexity index is 1460. The van der Waals surface area contributed by atoms with E-state index >= 15 is 0 Å². The molecule has 7 heteroatoms. The van der Waals surface area contributed by atoms with Crippen molar-refractivity contribution in [3.05, 3.63) is 106 Å². The van der Waals surface area contributed by atoms with E-state index in [4.69, 9.17) is 5.14 Å². The normalized spacial score (nSPS) is 11.1. The largest absolute Gasteiger partial charge is 0.325 e. The second-order valence-corrected chi connectivity index (χ2v) is 8.66. The first-order valence-electron chi connectivity index (χ1n) is 9.55. The zero-order valence-electron chi connectivity index (χ0n) is 16.5. The molecule has 3 N–H and O–H groups in total. The van der Waals surface area contributed by atoms with Gasteiger partial charge in [-0.05, 0) is 35.2 Å². The molecule has 0 radical (unpaired) electrons. The molecule has 0 unspecified atom stereocenters. The van der Waals surface area contributed by atoms with Crippen molar-refractivity contribution in [2.24, 2.45) is 5.14 Å². The predicted octanol–water partition coefficient (Wildman–Crippen LogP) is 2.76. The van der Waals surface area contributed by atoms with Gasteiger partial charge in [-0.15, -0.1) is 0 Å². The van der Waals surface area contributed by atoms with Gasteiger partial charge in [0.15, 0.2) is 0 Å². The molecule has 0 saturated heterocycles. The van der Waals surface area contributed by atoms with Crippen LogP contribution in [-0.2, 0) is 22.9 Å². The number of nitrogens with one attached hydrogen (secondary N) is 1. The second-order valence-electron chi connectivity index (χ2n) is 7.10. The summed E-state index contributed by atoms with van der Waals surface area (Å²) in [7, 11) is -3.75. The van der Waals surface area contributed by atoms with Gasteiger partial charge < -0.3 is 4.98 Å². The van der Waals surface area contributed by atoms with E-state index in [9.17, 15) is 13.2 Å². The van der Waals surface area contributed by atoms with Crippen LogP contribution in [0.15, 0.2) is 82.6 Å². The highest BCUT2D eigenvalue weighted by Crippen LogP contribution is 2.19. The Morgan fingerprint density at radius 1 is 0.968 bits per heavy atom. The Labute approximate surface area is 179 Å². The second kappa shape index (κ2) is 8.56. The fourth-order valence-corrected chi connectivity index (χ4v) is 3.79. The summed E-state index contributed by atoms with van der Waals surface area (Å²) in [6.45, 7) is 0. The number of nitrogens with two attached hydrogens (primary N) is 1. The van der Waals surface area contributed by atoms with Crippen LogP contribution >= 0.6 is 0 Å². The SMILES string of the molecule is NS(=O)(=O)c1ccc(Cc2[nH]c(=O)cc3cnc(C#CCc4ccccc4)cc23)cc1. The minimum absolute atomic E-state index is 0.0443. The zero-order valence-corrected chi connectivity index (χ0v) is 17.3. The summed E-state index contributed by atoms with van der Waals surface area (Å²) >= 11 is 0. The van der Waals surface area contributed by atoms with Gasteiger partial charge >= 0.3 is 0 Å². The van der Waals surface area contributed by atoms with E-state index in [0.717, 1.165) is 16.5 Å². The van der Waals surface area contributed by atoms with Crippen LogP contribution in [0.5, 0.6) is 0 Å². The Hall–Kier alpha value is -3.73. The smallest absolute Gasteiger partial charge is 0.248 e. The number of aromatic nitrogens is 2. The van der Waals surface area contributed by atoms with Gasteiger partial charge in [0.25, 0.3) is 0 Å². The van der Waals surface area contributed by atoms with Crippen LogP contribution < -0.4 is 10.7 Å². The molecule has 0 aliphatic heterocycles. The quantitative estimate of drug-likeness (QED) is 0.487. The molecule has 6 nitrogen and oxygen atoms in total. The first-order valence-corrected chi connectivity index (χ1v) is 11.1. The summed E-state index contributed by atoms with van der Waals surface area (Å²) in [5.74, 6) is 6.21. The minimum Gasteiger partial charge on any atom is -0.325 e. The van der Waals surface area contributed by atoms with E-state index in [-0.39, 0.29) is 10.5 Å². The van der Waals surface area contributed by atoms with Crippen LogP contribution in [0.4, 0.5) is 0 Å². The van der Waals surface area contributed by atoms with E-state index < -0.39 is 10.0 Å². The number of H-pyrrole nitrogens is 1. The molecule has 4 rings (SSSR count). The first-order chi connectivity index (χ1) is 14.9. The molecule has 31 heavy (non-hydrogen) atoms. The maximum Gasteiger partial charge on any atom is 0.248 e. The van der Waals surface area contributed by atoms with Gasteiger partial charge in [-0.2, -0.15) is 0 Å². The van der Waals surface area contributed by atoms with Gasteiger partial charge in [-0.1, -0.05) is 48.4 Å². The summed E-state index contributed by atoms with van der Waals surface area (Å²) in [5, 5.41) is 6.71. The van der Waals surface area contributed by atoms with Crippen molar-refractivity contribution >= 4 is 20.8 Å². The molecule has 0 aliphatic carbocycles. The lowest BCUT2D eigenvalue weighted by molar-refractivity contribution is 0.598. The number of pyridine rings is 2. The molecular formula is C24H19N3O3S. The number of primary sulfonamides is 1. The standard InChI is InChI=1S/C24H19N3O3S/c25-31(29,30)21-11-9-18(10-12-21)13-23-22-15-20(26-16-19(22)14-24(28)27-23)8-4-7-17-5-2-1-3-6-17/h1-3,5-6,9-12,14-16H,7,13H2,(H,27,28)(H2,25,29,30). The van der Waals surface area contributed by atoms with Crippen LogP contribution in [0.25, 0.3) is 10.8 Å². The lowest BCUT2D eigenvalue weighted by Crippen LogP contribution is -2.12. The minimum atomic E-state index is -3.75. The molecule has 0 fully saturated rings. The molecule has 2 heterocycles. The van der Waals surface area contributed by atoms with Crippen molar-refractivity contribution in [1.29, 1.82) is 0 Å². The fraction of sp³-hybridized carbons (Fsp3) is 0.0833. The molecule has 0 atom stereocenters. The number of benzene rings is 2. The number of sulfonamides is 1. The summed E-state index contributed by atoms with van der Waals surface area (Å²) in [4.78, 5) is 19.4. The Morgan fingerprint density at radius 2 is 1.71 bits per heavy atom. The summed E-state index contributed by atoms with van der Waals surface area (Å²) in [6, 6.07) is 19.6. The average Bonchev–Trinajstić information content (AvgIpc) is 2.74. The molecule has 0 spiro atoms. The third-order valence-electron chi connectivity index (χ3n) is 4.81. The number of rotatable bonds is 4. The lowest BCUT2D eigenvalue weighted by atomic mass is 10.0. The number of fused-ring (bicyclic) bond motifs is 1. The molecular weight excluding hydrogens is 410 g/mol. The number of nitrogens with zero attached hydrogens (tertiary/aromatic N) is 1. The van der Waals surface area contributed by atoms with Crippen LogP contribution in [0, 0.1) is 11.8 Å². The highest BCUT2D eigenvalue weighted by molar-refractivity contribution is 7.89. The molecule has 4 aromatic rings. The van der Waals surface area contributed by atoms with Crippen molar-refractivity contribution in [3.8, 4) is 11.8 Å². The van der Waals surface area contributed by atoms with E-state index in [1.165, 1.54) is 18.2 Å². The molecule has 0 amide bonds. The molecule has 2 aromatic heterocycles. The molecule has 154 valence electrons. The summed E-state index contributed by atoms with van der Waals surface area (Å²) in [5.41, 5.74) is 3.06. The van der Waals surface area contributed by atoms with Crippen LogP contribution in [0.3, 0.4) is 0 Å². The van der Waals surface area contributed by atoms with E-state index in [2.05, 4.69) is 21.8 Å². The third-order valence-corrected chi connectivity index (χ3v) is 5.73. The Morgan fingerprint density at radius 3 is 2.42 bits per heavy atom. The van der Waals surface area contributed by atoms with Gasteiger partial charge in [-0.25, -0.2) is 18.5 Å². The van der Waals surface area contributed by atoms with Crippen LogP contribution in [0.2, 0.25) is 0 Å². The third kappa shape index (κ3) is 5.07. The van der Waals surface area contributed by atoms with Gasteiger partial charge in [0, 0.05) is 41.6 Å². The molecule has 0 aliphatic rings. The van der Waals surface area contributed by atoms with E-state index in [1.807, 2.05) is 36.4 Å². The van der Waals surface area contributed by atoms with Crippen LogP contribution in [0.1, 0.15) is 22.5 Å². The van der Waals surface area contributed by atoms with E-state index in [1.54, 1.807) is 18.3 Å². The predicted molar refractivity (Wildman–Crippen MR) is 120 cm³/mol. The first kappa shape index (κ1) is 20.5. The van der Waals surface area contributed by atoms with Gasteiger partial charge in [0.05, 0.1) is 4.90 Å². The number of hydrogen-bond donors (Lipinski definition) is 2.